The molecule has 0 saturated heterocycles. The average Bonchev–Trinajstić information content (AvgIpc) is 2.48. The molecule has 0 unspecified atom stereocenters. The predicted octanol–water partition coefficient (Wildman–Crippen LogP) is 3.61. The third kappa shape index (κ3) is 3.49. The molecule has 0 saturated carbocycles. The second-order valence-electron chi connectivity index (χ2n) is 4.20. The number of aromatic nitrogens is 1. The van der Waals surface area contributed by atoms with Gasteiger partial charge in [0.2, 0.25) is 0 Å². The van der Waals surface area contributed by atoms with Crippen molar-refractivity contribution in [2.45, 2.75) is 0 Å². The minimum absolute atomic E-state index is 0.204. The second kappa shape index (κ2) is 7.03. The normalized spacial score (nSPS) is 10.5. The molecule has 0 aliphatic heterocycles. The molecule has 0 spiro atoms. The summed E-state index contributed by atoms with van der Waals surface area (Å²) < 4.78 is 14.1. The summed E-state index contributed by atoms with van der Waals surface area (Å²) in [7, 11) is 0. The molecule has 1 heterocycles. The standard InChI is InChI=1S/C14H14FN3O2S/c1-2-7-21-8-6-17-14-11(15)9-12(18(19)20)10-4-3-5-16-13(10)14/h2-5,9,17H,1,6-8H2. The minimum Gasteiger partial charge on any atom is -0.380 e. The molecule has 5 nitrogen and oxygen atoms in total. The van der Waals surface area contributed by atoms with Crippen LogP contribution in [0.15, 0.2) is 37.1 Å². The van der Waals surface area contributed by atoms with Gasteiger partial charge < -0.3 is 5.32 Å². The topological polar surface area (TPSA) is 68.1 Å². The summed E-state index contributed by atoms with van der Waals surface area (Å²) in [5.74, 6) is 0.932. The number of nitro groups is 1. The molecular formula is C14H14FN3O2S. The summed E-state index contributed by atoms with van der Waals surface area (Å²) in [4.78, 5) is 14.5. The Morgan fingerprint density at radius 3 is 3.10 bits per heavy atom. The summed E-state index contributed by atoms with van der Waals surface area (Å²) in [5, 5.41) is 14.3. The molecule has 7 heteroatoms. The number of nitrogens with zero attached hydrogens (tertiary/aromatic N) is 2. The number of pyridine rings is 1. The van der Waals surface area contributed by atoms with Crippen molar-refractivity contribution in [1.82, 2.24) is 4.98 Å². The number of hydrogen-bond acceptors (Lipinski definition) is 5. The third-order valence-corrected chi connectivity index (χ3v) is 3.77. The molecule has 1 aromatic carbocycles. The zero-order valence-corrected chi connectivity index (χ0v) is 12.0. The Balaban J connectivity index is 2.31. The molecule has 0 fully saturated rings. The number of anilines is 1. The van der Waals surface area contributed by atoms with Crippen molar-refractivity contribution in [3.63, 3.8) is 0 Å². The Kier molecular flexibility index (Phi) is 5.10. The third-order valence-electron chi connectivity index (χ3n) is 2.80. The minimum atomic E-state index is -0.665. The fraction of sp³-hybridized carbons (Fsp3) is 0.214. The van der Waals surface area contributed by atoms with E-state index in [0.717, 1.165) is 17.6 Å². The van der Waals surface area contributed by atoms with Gasteiger partial charge in [0, 0.05) is 24.2 Å². The number of nitrogens with one attached hydrogen (secondary N) is 1. The SMILES string of the molecule is C=CCSCCNc1c(F)cc([N+](=O)[O-])c2cccnc12. The van der Waals surface area contributed by atoms with E-state index >= 15 is 0 Å². The van der Waals surface area contributed by atoms with Crippen LogP contribution in [0.3, 0.4) is 0 Å². The van der Waals surface area contributed by atoms with E-state index in [1.54, 1.807) is 30.0 Å². The number of fused-ring (bicyclic) bond motifs is 1. The van der Waals surface area contributed by atoms with Crippen LogP contribution in [0.5, 0.6) is 0 Å². The molecule has 1 aromatic heterocycles. The largest absolute Gasteiger partial charge is 0.380 e. The first-order chi connectivity index (χ1) is 10.1. The lowest BCUT2D eigenvalue weighted by Crippen LogP contribution is -2.08. The van der Waals surface area contributed by atoms with Crippen molar-refractivity contribution in [3.8, 4) is 0 Å². The number of halogens is 1. The number of benzene rings is 1. The summed E-state index contributed by atoms with van der Waals surface area (Å²) in [6, 6.07) is 4.09. The van der Waals surface area contributed by atoms with Gasteiger partial charge in [0.25, 0.3) is 5.69 Å². The fourth-order valence-electron chi connectivity index (χ4n) is 1.93. The van der Waals surface area contributed by atoms with Crippen LogP contribution in [0.25, 0.3) is 10.9 Å². The van der Waals surface area contributed by atoms with Crippen LogP contribution >= 0.6 is 11.8 Å². The Labute approximate surface area is 125 Å². The van der Waals surface area contributed by atoms with Gasteiger partial charge in [0.15, 0.2) is 5.82 Å². The predicted molar refractivity (Wildman–Crippen MR) is 84.4 cm³/mol. The van der Waals surface area contributed by atoms with Gasteiger partial charge in [0.1, 0.15) is 5.52 Å². The van der Waals surface area contributed by atoms with Crippen molar-refractivity contribution in [1.29, 1.82) is 0 Å². The van der Waals surface area contributed by atoms with E-state index in [4.69, 9.17) is 0 Å². The highest BCUT2D eigenvalue weighted by Gasteiger charge is 2.19. The number of thioether (sulfide) groups is 1. The highest BCUT2D eigenvalue weighted by Crippen LogP contribution is 2.32. The summed E-state index contributed by atoms with van der Waals surface area (Å²) >= 11 is 1.66. The van der Waals surface area contributed by atoms with Crippen LogP contribution in [0.4, 0.5) is 15.8 Å². The number of non-ortho nitro benzene ring substituents is 1. The van der Waals surface area contributed by atoms with Crippen molar-refractivity contribution in [2.24, 2.45) is 0 Å². The first kappa shape index (κ1) is 15.2. The highest BCUT2D eigenvalue weighted by molar-refractivity contribution is 7.99. The van der Waals surface area contributed by atoms with Gasteiger partial charge in [-0.1, -0.05) is 6.08 Å². The fourth-order valence-corrected chi connectivity index (χ4v) is 2.51. The van der Waals surface area contributed by atoms with Crippen LogP contribution in [0.2, 0.25) is 0 Å². The zero-order valence-electron chi connectivity index (χ0n) is 11.2. The van der Waals surface area contributed by atoms with Crippen LogP contribution < -0.4 is 5.32 Å². The Morgan fingerprint density at radius 1 is 1.57 bits per heavy atom. The van der Waals surface area contributed by atoms with Gasteiger partial charge in [0.05, 0.1) is 22.1 Å². The summed E-state index contributed by atoms with van der Waals surface area (Å²) in [5.41, 5.74) is 0.204. The van der Waals surface area contributed by atoms with Crippen molar-refractivity contribution in [2.75, 3.05) is 23.4 Å². The molecule has 0 aliphatic carbocycles. The lowest BCUT2D eigenvalue weighted by atomic mass is 10.1. The number of hydrogen-bond donors (Lipinski definition) is 1. The average molecular weight is 307 g/mol. The lowest BCUT2D eigenvalue weighted by molar-refractivity contribution is -0.383. The van der Waals surface area contributed by atoms with Gasteiger partial charge >= 0.3 is 0 Å². The second-order valence-corrected chi connectivity index (χ2v) is 5.35. The Morgan fingerprint density at radius 2 is 2.38 bits per heavy atom. The molecule has 0 radical (unpaired) electrons. The van der Waals surface area contributed by atoms with E-state index < -0.39 is 10.7 Å². The van der Waals surface area contributed by atoms with E-state index in [9.17, 15) is 14.5 Å². The maximum Gasteiger partial charge on any atom is 0.281 e. The molecule has 110 valence electrons. The van der Waals surface area contributed by atoms with Crippen molar-refractivity contribution < 1.29 is 9.31 Å². The first-order valence-electron chi connectivity index (χ1n) is 6.29. The van der Waals surface area contributed by atoms with Gasteiger partial charge in [-0.2, -0.15) is 11.8 Å². The van der Waals surface area contributed by atoms with Crippen molar-refractivity contribution >= 4 is 34.0 Å². The molecule has 0 aliphatic rings. The quantitative estimate of drug-likeness (QED) is 0.366. The molecule has 2 aromatic rings. The van der Waals surface area contributed by atoms with Gasteiger partial charge in [-0.05, 0) is 12.1 Å². The van der Waals surface area contributed by atoms with Crippen LogP contribution in [-0.2, 0) is 0 Å². The zero-order chi connectivity index (χ0) is 15.2. The summed E-state index contributed by atoms with van der Waals surface area (Å²) in [6.07, 6.45) is 3.29. The van der Waals surface area contributed by atoms with Gasteiger partial charge in [-0.25, -0.2) is 4.39 Å². The number of rotatable bonds is 7. The van der Waals surface area contributed by atoms with E-state index in [1.165, 1.54) is 6.20 Å². The van der Waals surface area contributed by atoms with Crippen LogP contribution in [0, 0.1) is 15.9 Å². The number of nitro benzene ring substituents is 1. The summed E-state index contributed by atoms with van der Waals surface area (Å²) in [6.45, 7) is 4.16. The van der Waals surface area contributed by atoms with Gasteiger partial charge in [-0.3, -0.25) is 15.1 Å². The lowest BCUT2D eigenvalue weighted by Gasteiger charge is -2.10. The van der Waals surface area contributed by atoms with Crippen molar-refractivity contribution in [3.05, 3.63) is 53.0 Å². The first-order valence-corrected chi connectivity index (χ1v) is 7.44. The smallest absolute Gasteiger partial charge is 0.281 e. The molecule has 0 atom stereocenters. The van der Waals surface area contributed by atoms with Gasteiger partial charge in [-0.15, -0.1) is 6.58 Å². The van der Waals surface area contributed by atoms with E-state index in [1.807, 2.05) is 0 Å². The maximum absolute atomic E-state index is 14.1. The molecule has 0 bridgehead atoms. The Bertz CT molecular complexity index is 679. The molecule has 21 heavy (non-hydrogen) atoms. The molecular weight excluding hydrogens is 293 g/mol. The van der Waals surface area contributed by atoms with Crippen LogP contribution in [0.1, 0.15) is 0 Å². The van der Waals surface area contributed by atoms with E-state index in [2.05, 4.69) is 16.9 Å². The van der Waals surface area contributed by atoms with Crippen LogP contribution in [-0.4, -0.2) is 28.0 Å². The molecule has 2 rings (SSSR count). The highest BCUT2D eigenvalue weighted by atomic mass is 32.2. The molecule has 0 amide bonds. The maximum atomic E-state index is 14.1. The molecule has 1 N–H and O–H groups in total. The van der Waals surface area contributed by atoms with E-state index in [0.29, 0.717) is 11.9 Å². The Hall–Kier alpha value is -2.15. The monoisotopic (exact) mass is 307 g/mol. The van der Waals surface area contributed by atoms with E-state index in [-0.39, 0.29) is 16.9 Å².